The quantitative estimate of drug-likeness (QED) is 0.929. The van der Waals surface area contributed by atoms with Crippen LogP contribution in [0.15, 0.2) is 18.2 Å². The van der Waals surface area contributed by atoms with Crippen molar-refractivity contribution in [3.8, 4) is 0 Å². The predicted molar refractivity (Wildman–Crippen MR) is 89.8 cm³/mol. The summed E-state index contributed by atoms with van der Waals surface area (Å²) < 4.78 is 5.91. The van der Waals surface area contributed by atoms with E-state index in [9.17, 15) is 4.79 Å². The van der Waals surface area contributed by atoms with Crippen LogP contribution in [0.5, 0.6) is 0 Å². The van der Waals surface area contributed by atoms with Gasteiger partial charge in [-0.15, -0.1) is 0 Å². The van der Waals surface area contributed by atoms with Gasteiger partial charge in [-0.2, -0.15) is 0 Å². The number of morpholine rings is 1. The Morgan fingerprint density at radius 2 is 2.09 bits per heavy atom. The summed E-state index contributed by atoms with van der Waals surface area (Å²) in [6.07, 6.45) is 7.45. The minimum Gasteiger partial charge on any atom is -0.373 e. The van der Waals surface area contributed by atoms with Crippen molar-refractivity contribution < 1.29 is 9.53 Å². The molecule has 4 heteroatoms. The van der Waals surface area contributed by atoms with Crippen LogP contribution in [0.1, 0.15) is 47.2 Å². The van der Waals surface area contributed by atoms with E-state index in [1.807, 2.05) is 6.07 Å². The molecule has 0 saturated carbocycles. The molecule has 1 aromatic rings. The van der Waals surface area contributed by atoms with E-state index in [4.69, 9.17) is 4.74 Å². The standard InChI is InChI=1S/C19H26N2O2/c22-19(16-8-7-14-4-1-2-5-15(14)10-16)20-11-18-12-21-9-3-6-17(21)13-23-18/h7-8,10,17-18H,1-6,9,11-13H2,(H,20,22)/t17-,18-/m1/s1. The lowest BCUT2D eigenvalue weighted by atomic mass is 9.90. The lowest BCUT2D eigenvalue weighted by Crippen LogP contribution is -2.50. The summed E-state index contributed by atoms with van der Waals surface area (Å²) in [5.41, 5.74) is 3.57. The third kappa shape index (κ3) is 3.29. The summed E-state index contributed by atoms with van der Waals surface area (Å²) >= 11 is 0. The molecule has 2 aliphatic heterocycles. The molecule has 0 bridgehead atoms. The number of benzene rings is 1. The summed E-state index contributed by atoms with van der Waals surface area (Å²) in [4.78, 5) is 14.9. The average molecular weight is 314 g/mol. The van der Waals surface area contributed by atoms with E-state index in [0.717, 1.165) is 31.6 Å². The minimum atomic E-state index is 0.0329. The third-order valence-corrected chi connectivity index (χ3v) is 5.56. The summed E-state index contributed by atoms with van der Waals surface area (Å²) in [7, 11) is 0. The van der Waals surface area contributed by atoms with E-state index in [0.29, 0.717) is 12.6 Å². The van der Waals surface area contributed by atoms with Gasteiger partial charge in [-0.25, -0.2) is 0 Å². The molecule has 2 atom stereocenters. The largest absolute Gasteiger partial charge is 0.373 e. The molecule has 3 aliphatic rings. The van der Waals surface area contributed by atoms with Gasteiger partial charge in [0.2, 0.25) is 0 Å². The number of ether oxygens (including phenoxy) is 1. The van der Waals surface area contributed by atoms with E-state index in [2.05, 4.69) is 22.3 Å². The summed E-state index contributed by atoms with van der Waals surface area (Å²) in [5.74, 6) is 0.0329. The van der Waals surface area contributed by atoms with E-state index < -0.39 is 0 Å². The molecule has 2 heterocycles. The maximum atomic E-state index is 12.4. The lowest BCUT2D eigenvalue weighted by Gasteiger charge is -2.35. The smallest absolute Gasteiger partial charge is 0.251 e. The Morgan fingerprint density at radius 3 is 3.00 bits per heavy atom. The summed E-state index contributed by atoms with van der Waals surface area (Å²) in [5, 5.41) is 3.06. The predicted octanol–water partition coefficient (Wildman–Crippen LogP) is 2.16. The van der Waals surface area contributed by atoms with Gasteiger partial charge >= 0.3 is 0 Å². The second-order valence-electron chi connectivity index (χ2n) is 7.15. The average Bonchev–Trinajstić information content (AvgIpc) is 3.07. The van der Waals surface area contributed by atoms with Crippen molar-refractivity contribution in [2.24, 2.45) is 0 Å². The minimum absolute atomic E-state index is 0.0329. The van der Waals surface area contributed by atoms with Gasteiger partial charge in [0.05, 0.1) is 12.7 Å². The van der Waals surface area contributed by atoms with Crippen LogP contribution < -0.4 is 5.32 Å². The van der Waals surface area contributed by atoms with Crippen LogP contribution in [-0.2, 0) is 17.6 Å². The van der Waals surface area contributed by atoms with Crippen LogP contribution in [-0.4, -0.2) is 49.2 Å². The van der Waals surface area contributed by atoms with Gasteiger partial charge in [0.1, 0.15) is 0 Å². The van der Waals surface area contributed by atoms with E-state index >= 15 is 0 Å². The molecule has 124 valence electrons. The molecule has 0 aromatic heterocycles. The molecule has 2 saturated heterocycles. The molecule has 0 radical (unpaired) electrons. The highest BCUT2D eigenvalue weighted by molar-refractivity contribution is 5.94. The molecule has 0 spiro atoms. The van der Waals surface area contributed by atoms with Gasteiger partial charge in [0, 0.05) is 24.7 Å². The Labute approximate surface area is 138 Å². The highest BCUT2D eigenvalue weighted by Gasteiger charge is 2.32. The van der Waals surface area contributed by atoms with Crippen LogP contribution in [0.25, 0.3) is 0 Å². The van der Waals surface area contributed by atoms with Crippen LogP contribution in [0, 0.1) is 0 Å². The van der Waals surface area contributed by atoms with Gasteiger partial charge in [-0.05, 0) is 68.3 Å². The highest BCUT2D eigenvalue weighted by Crippen LogP contribution is 2.23. The number of hydrogen-bond donors (Lipinski definition) is 1. The Kier molecular flexibility index (Phi) is 4.36. The second kappa shape index (κ2) is 6.62. The van der Waals surface area contributed by atoms with E-state index in [1.54, 1.807) is 0 Å². The normalized spacial score (nSPS) is 27.3. The van der Waals surface area contributed by atoms with Crippen molar-refractivity contribution in [2.45, 2.75) is 50.7 Å². The van der Waals surface area contributed by atoms with Crippen molar-refractivity contribution >= 4 is 5.91 Å². The maximum absolute atomic E-state index is 12.4. The van der Waals surface area contributed by atoms with Crippen LogP contribution in [0.4, 0.5) is 0 Å². The van der Waals surface area contributed by atoms with Gasteiger partial charge in [0.25, 0.3) is 5.91 Å². The Bertz CT molecular complexity index is 587. The Balaban J connectivity index is 1.33. The number of carbonyl (C=O) groups is 1. The molecule has 1 N–H and O–H groups in total. The first-order valence-electron chi connectivity index (χ1n) is 9.05. The van der Waals surface area contributed by atoms with Crippen molar-refractivity contribution in [3.63, 3.8) is 0 Å². The fourth-order valence-electron chi connectivity index (χ4n) is 4.19. The summed E-state index contributed by atoms with van der Waals surface area (Å²) in [6, 6.07) is 6.80. The van der Waals surface area contributed by atoms with Gasteiger partial charge in [0.15, 0.2) is 0 Å². The fourth-order valence-corrected chi connectivity index (χ4v) is 4.19. The number of aryl methyl sites for hydroxylation is 2. The van der Waals surface area contributed by atoms with Crippen LogP contribution in [0.2, 0.25) is 0 Å². The molecular formula is C19H26N2O2. The fraction of sp³-hybridized carbons (Fsp3) is 0.632. The number of nitrogens with one attached hydrogen (secondary N) is 1. The SMILES string of the molecule is O=C(NC[C@@H]1CN2CCC[C@@H]2CO1)c1ccc2c(c1)CCCC2. The Morgan fingerprint density at radius 1 is 1.22 bits per heavy atom. The van der Waals surface area contributed by atoms with Crippen molar-refractivity contribution in [1.29, 1.82) is 0 Å². The van der Waals surface area contributed by atoms with Crippen LogP contribution in [0.3, 0.4) is 0 Å². The summed E-state index contributed by atoms with van der Waals surface area (Å²) in [6.45, 7) is 3.57. The second-order valence-corrected chi connectivity index (χ2v) is 7.15. The first-order chi connectivity index (χ1) is 11.3. The molecule has 1 aromatic carbocycles. The molecule has 1 amide bonds. The lowest BCUT2D eigenvalue weighted by molar-refractivity contribution is -0.0461. The number of hydrogen-bond acceptors (Lipinski definition) is 3. The maximum Gasteiger partial charge on any atom is 0.251 e. The molecule has 4 rings (SSSR count). The zero-order valence-electron chi connectivity index (χ0n) is 13.7. The Hall–Kier alpha value is -1.39. The molecule has 2 fully saturated rings. The van der Waals surface area contributed by atoms with Crippen molar-refractivity contribution in [1.82, 2.24) is 10.2 Å². The molecule has 0 unspecified atom stereocenters. The first kappa shape index (κ1) is 15.2. The van der Waals surface area contributed by atoms with Gasteiger partial charge in [-0.3, -0.25) is 9.69 Å². The molecule has 4 nitrogen and oxygen atoms in total. The van der Waals surface area contributed by atoms with Crippen molar-refractivity contribution in [3.05, 3.63) is 34.9 Å². The highest BCUT2D eigenvalue weighted by atomic mass is 16.5. The van der Waals surface area contributed by atoms with Crippen molar-refractivity contribution in [2.75, 3.05) is 26.2 Å². The van der Waals surface area contributed by atoms with E-state index in [1.165, 1.54) is 43.4 Å². The number of amides is 1. The molecule has 1 aliphatic carbocycles. The number of fused-ring (bicyclic) bond motifs is 2. The topological polar surface area (TPSA) is 41.6 Å². The third-order valence-electron chi connectivity index (χ3n) is 5.56. The molecular weight excluding hydrogens is 288 g/mol. The number of carbonyl (C=O) groups excluding carboxylic acids is 1. The van der Waals surface area contributed by atoms with Gasteiger partial charge < -0.3 is 10.1 Å². The van der Waals surface area contributed by atoms with E-state index in [-0.39, 0.29) is 12.0 Å². The monoisotopic (exact) mass is 314 g/mol. The van der Waals surface area contributed by atoms with Gasteiger partial charge in [-0.1, -0.05) is 6.07 Å². The number of rotatable bonds is 3. The molecule has 23 heavy (non-hydrogen) atoms. The zero-order valence-corrected chi connectivity index (χ0v) is 13.7. The zero-order chi connectivity index (χ0) is 15.6. The number of nitrogens with zero attached hydrogens (tertiary/aromatic N) is 1. The van der Waals surface area contributed by atoms with Crippen LogP contribution >= 0.6 is 0 Å². The first-order valence-corrected chi connectivity index (χ1v) is 9.05.